The van der Waals surface area contributed by atoms with E-state index >= 15 is 0 Å². The molecule has 106 valence electrons. The van der Waals surface area contributed by atoms with E-state index in [0.29, 0.717) is 10.6 Å². The minimum absolute atomic E-state index is 0. The van der Waals surface area contributed by atoms with Gasteiger partial charge in [0.2, 0.25) is 0 Å². The van der Waals surface area contributed by atoms with E-state index in [1.807, 2.05) is 0 Å². The van der Waals surface area contributed by atoms with E-state index in [9.17, 15) is 9.50 Å². The Morgan fingerprint density at radius 1 is 1.20 bits per heavy atom. The molecule has 0 aliphatic heterocycles. The number of aromatic hydroxyl groups is 1. The molecule has 2 aromatic carbocycles. The zero-order valence-corrected chi connectivity index (χ0v) is 11.6. The smallest absolute Gasteiger partial charge is 0.148 e. The van der Waals surface area contributed by atoms with Crippen LogP contribution in [-0.2, 0) is 0 Å². The Morgan fingerprint density at radius 3 is 2.35 bits per heavy atom. The average Bonchev–Trinajstić information content (AvgIpc) is 2.38. The Bertz CT molecular complexity index is 646. The van der Waals surface area contributed by atoms with Crippen LogP contribution in [0.4, 0.5) is 10.1 Å². The third kappa shape index (κ3) is 3.12. The highest BCUT2D eigenvalue weighted by Crippen LogP contribution is 2.29. The van der Waals surface area contributed by atoms with Gasteiger partial charge in [-0.2, -0.15) is 0 Å². The monoisotopic (exact) mass is 316 g/mol. The van der Waals surface area contributed by atoms with E-state index in [1.54, 1.807) is 24.3 Å². The first kappa shape index (κ1) is 16.1. The first-order valence-corrected chi connectivity index (χ1v) is 5.67. The molecule has 4 N–H and O–H groups in total. The summed E-state index contributed by atoms with van der Waals surface area (Å²) in [7, 11) is 0. The quantitative estimate of drug-likeness (QED) is 0.261. The third-order valence-electron chi connectivity index (χ3n) is 2.58. The molecule has 0 aromatic heterocycles. The minimum Gasteiger partial charge on any atom is -0.505 e. The molecule has 2 aromatic rings. The van der Waals surface area contributed by atoms with Crippen molar-refractivity contribution in [1.82, 2.24) is 0 Å². The van der Waals surface area contributed by atoms with Crippen molar-refractivity contribution >= 4 is 35.4 Å². The van der Waals surface area contributed by atoms with E-state index < -0.39 is 5.82 Å². The molecule has 0 heterocycles. The van der Waals surface area contributed by atoms with Crippen LogP contribution in [0, 0.1) is 5.82 Å². The molecule has 7 heteroatoms. The molecule has 20 heavy (non-hydrogen) atoms. The molecular formula is C13H11Cl2FN2O2. The maximum absolute atomic E-state index is 13.3. The Hall–Kier alpha value is -1.98. The number of halogens is 3. The van der Waals surface area contributed by atoms with E-state index in [1.165, 1.54) is 0 Å². The molecule has 0 saturated carbocycles. The molecule has 0 unspecified atom stereocenters. The van der Waals surface area contributed by atoms with Crippen LogP contribution in [-0.4, -0.2) is 16.0 Å². The number of benzene rings is 2. The number of hydrogen-bond donors (Lipinski definition) is 3. The number of hydrogen-bond acceptors (Lipinski definition) is 4. The van der Waals surface area contributed by atoms with Gasteiger partial charge in [0.05, 0.1) is 11.3 Å². The normalized spacial score (nSPS) is 11.0. The fourth-order valence-electron chi connectivity index (χ4n) is 1.68. The number of nitrogen functional groups attached to an aromatic ring is 1. The fraction of sp³-hybridized carbons (Fsp3) is 0. The molecule has 0 spiro atoms. The predicted octanol–water partition coefficient (Wildman–Crippen LogP) is 3.42. The zero-order valence-electron chi connectivity index (χ0n) is 10.0. The lowest BCUT2D eigenvalue weighted by Crippen LogP contribution is -2.06. The summed E-state index contributed by atoms with van der Waals surface area (Å²) in [6, 6.07) is 8.35. The molecule has 0 fully saturated rings. The summed E-state index contributed by atoms with van der Waals surface area (Å²) in [5.41, 5.74) is 5.80. The molecule has 0 atom stereocenters. The minimum atomic E-state index is -0.639. The van der Waals surface area contributed by atoms with Crippen molar-refractivity contribution in [3.8, 4) is 5.75 Å². The van der Waals surface area contributed by atoms with Crippen molar-refractivity contribution in [3.63, 3.8) is 0 Å². The molecule has 4 nitrogen and oxygen atoms in total. The second kappa shape index (κ2) is 6.45. The number of nitrogens with zero attached hydrogens (tertiary/aromatic N) is 1. The number of anilines is 1. The maximum Gasteiger partial charge on any atom is 0.148 e. The van der Waals surface area contributed by atoms with Crippen LogP contribution in [0.1, 0.15) is 11.1 Å². The van der Waals surface area contributed by atoms with Crippen LogP contribution < -0.4 is 5.73 Å². The number of oxime groups is 1. The van der Waals surface area contributed by atoms with E-state index in [0.717, 1.165) is 12.1 Å². The topological polar surface area (TPSA) is 78.8 Å². The second-order valence-corrected chi connectivity index (χ2v) is 4.28. The van der Waals surface area contributed by atoms with Gasteiger partial charge in [-0.05, 0) is 18.2 Å². The third-order valence-corrected chi connectivity index (χ3v) is 2.83. The summed E-state index contributed by atoms with van der Waals surface area (Å²) in [6.07, 6.45) is 0. The van der Waals surface area contributed by atoms with Gasteiger partial charge in [-0.25, -0.2) is 4.39 Å². The summed E-state index contributed by atoms with van der Waals surface area (Å²) in [5.74, 6) is -0.982. The van der Waals surface area contributed by atoms with Gasteiger partial charge in [0.25, 0.3) is 0 Å². The van der Waals surface area contributed by atoms with Gasteiger partial charge in [0, 0.05) is 16.7 Å². The van der Waals surface area contributed by atoms with Crippen molar-refractivity contribution in [3.05, 3.63) is 58.4 Å². The van der Waals surface area contributed by atoms with Gasteiger partial charge < -0.3 is 16.0 Å². The molecule has 0 aliphatic carbocycles. The van der Waals surface area contributed by atoms with Gasteiger partial charge in [-0.3, -0.25) is 0 Å². The summed E-state index contributed by atoms with van der Waals surface area (Å²) < 4.78 is 13.3. The lowest BCUT2D eigenvalue weighted by atomic mass is 10.0. The number of rotatable bonds is 2. The Balaban J connectivity index is 0.00000200. The molecule has 0 radical (unpaired) electrons. The van der Waals surface area contributed by atoms with Crippen LogP contribution in [0.2, 0.25) is 5.02 Å². The van der Waals surface area contributed by atoms with Crippen molar-refractivity contribution in [1.29, 1.82) is 0 Å². The standard InChI is InChI=1S/C13H10ClFN2O2.ClH/c14-8-3-1-7(2-4-8)12(17-19)10-5-9(15)6-11(16)13(10)18;/h1-6,18-19H,16H2;1H. The Labute approximate surface area is 125 Å². The summed E-state index contributed by atoms with van der Waals surface area (Å²) in [4.78, 5) is 0. The van der Waals surface area contributed by atoms with Crippen LogP contribution in [0.5, 0.6) is 5.75 Å². The molecule has 2 rings (SSSR count). The number of phenols is 1. The summed E-state index contributed by atoms with van der Waals surface area (Å²) in [6.45, 7) is 0. The van der Waals surface area contributed by atoms with Crippen LogP contribution in [0.15, 0.2) is 41.6 Å². The van der Waals surface area contributed by atoms with E-state index in [-0.39, 0.29) is 35.1 Å². The van der Waals surface area contributed by atoms with Crippen molar-refractivity contribution in [2.24, 2.45) is 5.16 Å². The molecular weight excluding hydrogens is 306 g/mol. The van der Waals surface area contributed by atoms with Gasteiger partial charge in [-0.15, -0.1) is 12.4 Å². The average molecular weight is 317 g/mol. The fourth-order valence-corrected chi connectivity index (χ4v) is 1.80. The van der Waals surface area contributed by atoms with Crippen molar-refractivity contribution in [2.45, 2.75) is 0 Å². The van der Waals surface area contributed by atoms with Gasteiger partial charge in [-0.1, -0.05) is 28.9 Å². The highest BCUT2D eigenvalue weighted by atomic mass is 35.5. The van der Waals surface area contributed by atoms with Crippen LogP contribution in [0.25, 0.3) is 0 Å². The predicted molar refractivity (Wildman–Crippen MR) is 78.6 cm³/mol. The summed E-state index contributed by atoms with van der Waals surface area (Å²) in [5, 5.41) is 22.5. The van der Waals surface area contributed by atoms with Crippen molar-refractivity contribution in [2.75, 3.05) is 5.73 Å². The number of nitrogens with two attached hydrogens (primary N) is 1. The van der Waals surface area contributed by atoms with Crippen molar-refractivity contribution < 1.29 is 14.7 Å². The highest BCUT2D eigenvalue weighted by Gasteiger charge is 2.16. The van der Waals surface area contributed by atoms with Gasteiger partial charge in [0.1, 0.15) is 17.3 Å². The lowest BCUT2D eigenvalue weighted by Gasteiger charge is -2.09. The second-order valence-electron chi connectivity index (χ2n) is 3.85. The van der Waals surface area contributed by atoms with Crippen LogP contribution in [0.3, 0.4) is 0 Å². The Kier molecular flexibility index (Phi) is 5.19. The zero-order chi connectivity index (χ0) is 14.0. The van der Waals surface area contributed by atoms with Gasteiger partial charge in [0.15, 0.2) is 0 Å². The first-order chi connectivity index (χ1) is 9.02. The van der Waals surface area contributed by atoms with Gasteiger partial charge >= 0.3 is 0 Å². The summed E-state index contributed by atoms with van der Waals surface area (Å²) >= 11 is 5.76. The Morgan fingerprint density at radius 2 is 1.80 bits per heavy atom. The molecule has 0 saturated heterocycles. The lowest BCUT2D eigenvalue weighted by molar-refractivity contribution is 0.319. The molecule has 0 amide bonds. The first-order valence-electron chi connectivity index (χ1n) is 5.29. The largest absolute Gasteiger partial charge is 0.505 e. The SMILES string of the molecule is Cl.Nc1cc(F)cc(C(=NO)c2ccc(Cl)cc2)c1O. The molecule has 0 bridgehead atoms. The van der Waals surface area contributed by atoms with E-state index in [2.05, 4.69) is 5.16 Å². The van der Waals surface area contributed by atoms with E-state index in [4.69, 9.17) is 22.5 Å². The number of phenolic OH excluding ortho intramolecular Hbond substituents is 1. The highest BCUT2D eigenvalue weighted by molar-refractivity contribution is 6.30. The molecule has 0 aliphatic rings. The van der Waals surface area contributed by atoms with Crippen LogP contribution >= 0.6 is 24.0 Å². The maximum atomic E-state index is 13.3.